The van der Waals surface area contributed by atoms with Gasteiger partial charge in [0.05, 0.1) is 5.69 Å². The van der Waals surface area contributed by atoms with E-state index >= 15 is 0 Å². The molecular formula is C16H20N4O. The van der Waals surface area contributed by atoms with Crippen molar-refractivity contribution in [3.8, 4) is 11.3 Å². The number of aromatic nitrogens is 2. The van der Waals surface area contributed by atoms with E-state index in [4.69, 9.17) is 5.73 Å². The number of H-pyrrole nitrogens is 1. The summed E-state index contributed by atoms with van der Waals surface area (Å²) < 4.78 is 0. The zero-order chi connectivity index (χ0) is 14.8. The van der Waals surface area contributed by atoms with Gasteiger partial charge in [-0.05, 0) is 31.4 Å². The van der Waals surface area contributed by atoms with Crippen LogP contribution < -0.4 is 5.73 Å². The summed E-state index contributed by atoms with van der Waals surface area (Å²) in [4.78, 5) is 14.3. The van der Waals surface area contributed by atoms with Crippen LogP contribution in [0.2, 0.25) is 0 Å². The van der Waals surface area contributed by atoms with Crippen molar-refractivity contribution in [2.24, 2.45) is 5.73 Å². The molecule has 110 valence electrons. The van der Waals surface area contributed by atoms with Crippen LogP contribution in [0.4, 0.5) is 0 Å². The van der Waals surface area contributed by atoms with Gasteiger partial charge >= 0.3 is 0 Å². The molecule has 2 heterocycles. The Morgan fingerprint density at radius 3 is 2.76 bits per heavy atom. The van der Waals surface area contributed by atoms with E-state index in [0.717, 1.165) is 42.8 Å². The molecule has 0 bridgehead atoms. The summed E-state index contributed by atoms with van der Waals surface area (Å²) in [7, 11) is 0. The van der Waals surface area contributed by atoms with Gasteiger partial charge in [-0.1, -0.05) is 24.3 Å². The lowest BCUT2D eigenvalue weighted by Gasteiger charge is -2.29. The molecule has 0 atom stereocenters. The molecule has 1 aromatic heterocycles. The molecule has 2 aromatic rings. The number of piperidine rings is 1. The Hall–Kier alpha value is -2.14. The Labute approximate surface area is 124 Å². The van der Waals surface area contributed by atoms with E-state index < -0.39 is 0 Å². The standard InChI is InChI=1S/C16H20N4O/c1-11-4-2-3-5-13(11)14-10-15(19-18-14)16(21)20-8-6-12(17)7-9-20/h2-5,10,12H,6-9,17H2,1H3,(H,18,19). The van der Waals surface area contributed by atoms with Crippen molar-refractivity contribution in [3.05, 3.63) is 41.6 Å². The van der Waals surface area contributed by atoms with Crippen molar-refractivity contribution in [2.45, 2.75) is 25.8 Å². The summed E-state index contributed by atoms with van der Waals surface area (Å²) in [6.45, 7) is 3.48. The highest BCUT2D eigenvalue weighted by molar-refractivity contribution is 5.93. The van der Waals surface area contributed by atoms with Gasteiger partial charge in [0.2, 0.25) is 0 Å². The largest absolute Gasteiger partial charge is 0.337 e. The molecule has 0 spiro atoms. The van der Waals surface area contributed by atoms with Crippen molar-refractivity contribution >= 4 is 5.91 Å². The number of nitrogens with two attached hydrogens (primary N) is 1. The molecule has 1 amide bonds. The minimum atomic E-state index is 0.00855. The highest BCUT2D eigenvalue weighted by Gasteiger charge is 2.23. The molecule has 0 unspecified atom stereocenters. The van der Waals surface area contributed by atoms with Crippen LogP contribution in [0.5, 0.6) is 0 Å². The van der Waals surface area contributed by atoms with Crippen LogP contribution in [0.15, 0.2) is 30.3 Å². The number of likely N-dealkylation sites (tertiary alicyclic amines) is 1. The second kappa shape index (κ2) is 5.69. The molecule has 0 aliphatic carbocycles. The fraction of sp³-hybridized carbons (Fsp3) is 0.375. The molecule has 1 aliphatic heterocycles. The van der Waals surface area contributed by atoms with E-state index in [1.807, 2.05) is 42.2 Å². The van der Waals surface area contributed by atoms with Crippen LogP contribution in [0.25, 0.3) is 11.3 Å². The number of rotatable bonds is 2. The van der Waals surface area contributed by atoms with E-state index in [1.165, 1.54) is 0 Å². The van der Waals surface area contributed by atoms with Gasteiger partial charge in [-0.25, -0.2) is 0 Å². The van der Waals surface area contributed by atoms with E-state index in [9.17, 15) is 4.79 Å². The van der Waals surface area contributed by atoms with Gasteiger partial charge in [-0.2, -0.15) is 5.10 Å². The lowest BCUT2D eigenvalue weighted by Crippen LogP contribution is -2.42. The normalized spacial score (nSPS) is 16.2. The van der Waals surface area contributed by atoms with Gasteiger partial charge in [0.15, 0.2) is 0 Å². The SMILES string of the molecule is Cc1ccccc1-c1cc(C(=O)N2CCC(N)CC2)[nH]n1. The summed E-state index contributed by atoms with van der Waals surface area (Å²) in [5.74, 6) is 0.00855. The highest BCUT2D eigenvalue weighted by atomic mass is 16.2. The lowest BCUT2D eigenvalue weighted by molar-refractivity contribution is 0.0709. The monoisotopic (exact) mass is 284 g/mol. The molecule has 1 aliphatic rings. The van der Waals surface area contributed by atoms with Gasteiger partial charge < -0.3 is 10.6 Å². The summed E-state index contributed by atoms with van der Waals surface area (Å²) in [5, 5.41) is 7.15. The third-order valence-corrected chi connectivity index (χ3v) is 4.06. The molecule has 5 nitrogen and oxygen atoms in total. The zero-order valence-corrected chi connectivity index (χ0v) is 12.2. The fourth-order valence-corrected chi connectivity index (χ4v) is 2.70. The predicted octanol–water partition coefficient (Wildman–Crippen LogP) is 1.95. The number of aromatic amines is 1. The Morgan fingerprint density at radius 1 is 1.33 bits per heavy atom. The van der Waals surface area contributed by atoms with Gasteiger partial charge in [-0.3, -0.25) is 9.89 Å². The lowest BCUT2D eigenvalue weighted by atomic mass is 10.0. The van der Waals surface area contributed by atoms with E-state index in [-0.39, 0.29) is 11.9 Å². The first-order chi connectivity index (χ1) is 10.1. The van der Waals surface area contributed by atoms with Crippen molar-refractivity contribution in [1.29, 1.82) is 0 Å². The zero-order valence-electron chi connectivity index (χ0n) is 12.2. The molecule has 5 heteroatoms. The molecule has 1 aromatic carbocycles. The summed E-state index contributed by atoms with van der Waals surface area (Å²) >= 11 is 0. The van der Waals surface area contributed by atoms with Gasteiger partial charge in [-0.15, -0.1) is 0 Å². The third kappa shape index (κ3) is 2.83. The number of aryl methyl sites for hydroxylation is 1. The highest BCUT2D eigenvalue weighted by Crippen LogP contribution is 2.22. The maximum absolute atomic E-state index is 12.4. The second-order valence-electron chi connectivity index (χ2n) is 5.61. The number of nitrogens with zero attached hydrogens (tertiary/aromatic N) is 2. The number of amides is 1. The van der Waals surface area contributed by atoms with Crippen LogP contribution in [0, 0.1) is 6.92 Å². The van der Waals surface area contributed by atoms with Crippen LogP contribution in [0.3, 0.4) is 0 Å². The number of nitrogens with one attached hydrogen (secondary N) is 1. The van der Waals surface area contributed by atoms with Crippen LogP contribution in [-0.2, 0) is 0 Å². The average molecular weight is 284 g/mol. The minimum absolute atomic E-state index is 0.00855. The summed E-state index contributed by atoms with van der Waals surface area (Å²) in [6, 6.07) is 10.1. The topological polar surface area (TPSA) is 75.0 Å². The minimum Gasteiger partial charge on any atom is -0.337 e. The fourth-order valence-electron chi connectivity index (χ4n) is 2.70. The predicted molar refractivity (Wildman–Crippen MR) is 81.9 cm³/mol. The molecule has 1 fully saturated rings. The van der Waals surface area contributed by atoms with E-state index in [2.05, 4.69) is 10.2 Å². The number of benzene rings is 1. The number of carbonyl (C=O) groups excluding carboxylic acids is 1. The molecule has 21 heavy (non-hydrogen) atoms. The molecule has 0 radical (unpaired) electrons. The van der Waals surface area contributed by atoms with Crippen LogP contribution in [0.1, 0.15) is 28.9 Å². The first kappa shape index (κ1) is 13.8. The van der Waals surface area contributed by atoms with Crippen molar-refractivity contribution in [1.82, 2.24) is 15.1 Å². The second-order valence-corrected chi connectivity index (χ2v) is 5.61. The number of carbonyl (C=O) groups is 1. The van der Waals surface area contributed by atoms with Crippen molar-refractivity contribution in [3.63, 3.8) is 0 Å². The average Bonchev–Trinajstić information content (AvgIpc) is 2.97. The van der Waals surface area contributed by atoms with Crippen molar-refractivity contribution < 1.29 is 4.79 Å². The van der Waals surface area contributed by atoms with Gasteiger partial charge in [0, 0.05) is 24.7 Å². The number of hydrogen-bond acceptors (Lipinski definition) is 3. The summed E-state index contributed by atoms with van der Waals surface area (Å²) in [6.07, 6.45) is 1.73. The Bertz CT molecular complexity index is 641. The molecule has 1 saturated heterocycles. The van der Waals surface area contributed by atoms with Crippen LogP contribution >= 0.6 is 0 Å². The van der Waals surface area contributed by atoms with E-state index in [0.29, 0.717) is 5.69 Å². The van der Waals surface area contributed by atoms with Gasteiger partial charge in [0.25, 0.3) is 5.91 Å². The van der Waals surface area contributed by atoms with Crippen molar-refractivity contribution in [2.75, 3.05) is 13.1 Å². The van der Waals surface area contributed by atoms with Gasteiger partial charge in [0.1, 0.15) is 5.69 Å². The molecule has 3 N–H and O–H groups in total. The Morgan fingerprint density at radius 2 is 2.05 bits per heavy atom. The Balaban J connectivity index is 1.79. The van der Waals surface area contributed by atoms with E-state index in [1.54, 1.807) is 0 Å². The Kier molecular flexibility index (Phi) is 3.75. The summed E-state index contributed by atoms with van der Waals surface area (Å²) in [5.41, 5.74) is 9.42. The maximum Gasteiger partial charge on any atom is 0.271 e. The molecule has 0 saturated carbocycles. The smallest absolute Gasteiger partial charge is 0.271 e. The molecule has 3 rings (SSSR count). The first-order valence-corrected chi connectivity index (χ1v) is 7.31. The third-order valence-electron chi connectivity index (χ3n) is 4.06. The molecular weight excluding hydrogens is 264 g/mol. The number of hydrogen-bond donors (Lipinski definition) is 2. The van der Waals surface area contributed by atoms with Crippen LogP contribution in [-0.4, -0.2) is 40.1 Å². The first-order valence-electron chi connectivity index (χ1n) is 7.31. The maximum atomic E-state index is 12.4. The quantitative estimate of drug-likeness (QED) is 0.885.